The fraction of sp³-hybridized carbons (Fsp3) is 0.238. The Labute approximate surface area is 166 Å². The first-order chi connectivity index (χ1) is 13.1. The lowest BCUT2D eigenvalue weighted by molar-refractivity contribution is 0.102. The molecule has 0 fully saturated rings. The van der Waals surface area contributed by atoms with Crippen molar-refractivity contribution in [3.8, 4) is 0 Å². The second-order valence-electron chi connectivity index (χ2n) is 6.87. The molecule has 1 aromatic carbocycles. The summed E-state index contributed by atoms with van der Waals surface area (Å²) < 4.78 is 0. The summed E-state index contributed by atoms with van der Waals surface area (Å²) in [4.78, 5) is 27.0. The van der Waals surface area contributed by atoms with Crippen molar-refractivity contribution < 1.29 is 9.59 Å². The summed E-state index contributed by atoms with van der Waals surface area (Å²) in [5, 5.41) is 9.68. The van der Waals surface area contributed by atoms with Gasteiger partial charge in [-0.3, -0.25) is 9.59 Å². The van der Waals surface area contributed by atoms with Gasteiger partial charge in [0.25, 0.3) is 11.8 Å². The zero-order valence-corrected chi connectivity index (χ0v) is 16.6. The van der Waals surface area contributed by atoms with E-state index in [0.29, 0.717) is 22.2 Å². The monoisotopic (exact) mass is 396 g/mol. The molecule has 1 aliphatic carbocycles. The van der Waals surface area contributed by atoms with Gasteiger partial charge in [-0.15, -0.1) is 22.7 Å². The number of rotatable bonds is 4. The molecule has 0 spiro atoms. The molecular weight excluding hydrogens is 376 g/mol. The van der Waals surface area contributed by atoms with Crippen LogP contribution in [0.5, 0.6) is 0 Å². The smallest absolute Gasteiger partial charge is 0.265 e. The lowest BCUT2D eigenvalue weighted by atomic mass is 9.88. The molecule has 138 valence electrons. The van der Waals surface area contributed by atoms with Crippen molar-refractivity contribution in [2.75, 3.05) is 10.6 Å². The summed E-state index contributed by atoms with van der Waals surface area (Å²) in [6, 6.07) is 10.9. The topological polar surface area (TPSA) is 58.2 Å². The second kappa shape index (κ2) is 7.66. The first kappa shape index (κ1) is 17.9. The number of thiophene rings is 2. The summed E-state index contributed by atoms with van der Waals surface area (Å²) in [5.41, 5.74) is 3.33. The highest BCUT2D eigenvalue weighted by atomic mass is 32.1. The Morgan fingerprint density at radius 2 is 1.81 bits per heavy atom. The average Bonchev–Trinajstić information content (AvgIpc) is 3.31. The van der Waals surface area contributed by atoms with E-state index in [9.17, 15) is 9.59 Å². The SMILES string of the molecule is CC1CCc2c(C(=O)Nc3cccc(NC(=O)c4cccs4)c3)csc2C1. The maximum atomic E-state index is 12.8. The van der Waals surface area contributed by atoms with Crippen LogP contribution in [0.2, 0.25) is 0 Å². The molecule has 6 heteroatoms. The third kappa shape index (κ3) is 3.96. The molecule has 0 radical (unpaired) electrons. The standard InChI is InChI=1S/C21H20N2O2S2/c1-13-7-8-16-17(12-27-19(16)10-13)20(24)22-14-4-2-5-15(11-14)23-21(25)18-6-3-9-26-18/h2-6,9,11-13H,7-8,10H2,1H3,(H,22,24)(H,23,25). The molecule has 0 aliphatic heterocycles. The number of nitrogens with one attached hydrogen (secondary N) is 2. The third-order valence-electron chi connectivity index (χ3n) is 4.77. The summed E-state index contributed by atoms with van der Waals surface area (Å²) in [6.45, 7) is 2.26. The van der Waals surface area contributed by atoms with Crippen LogP contribution >= 0.6 is 22.7 Å². The van der Waals surface area contributed by atoms with Gasteiger partial charge in [-0.1, -0.05) is 19.1 Å². The van der Waals surface area contributed by atoms with Gasteiger partial charge in [0.1, 0.15) is 0 Å². The first-order valence-electron chi connectivity index (χ1n) is 8.95. The van der Waals surface area contributed by atoms with Gasteiger partial charge in [-0.25, -0.2) is 0 Å². The van der Waals surface area contributed by atoms with Crippen LogP contribution in [0.15, 0.2) is 47.2 Å². The van der Waals surface area contributed by atoms with E-state index in [2.05, 4.69) is 17.6 Å². The molecule has 4 nitrogen and oxygen atoms in total. The Morgan fingerprint density at radius 3 is 2.56 bits per heavy atom. The molecule has 2 heterocycles. The Morgan fingerprint density at radius 1 is 1.04 bits per heavy atom. The van der Waals surface area contributed by atoms with Crippen LogP contribution < -0.4 is 10.6 Å². The lowest BCUT2D eigenvalue weighted by Gasteiger charge is -2.18. The van der Waals surface area contributed by atoms with Crippen molar-refractivity contribution in [1.29, 1.82) is 0 Å². The molecule has 1 atom stereocenters. The van der Waals surface area contributed by atoms with E-state index >= 15 is 0 Å². The Hall–Kier alpha value is -2.44. The molecule has 1 aliphatic rings. The van der Waals surface area contributed by atoms with Gasteiger partial charge in [-0.2, -0.15) is 0 Å². The zero-order chi connectivity index (χ0) is 18.8. The molecule has 2 N–H and O–H groups in total. The molecular formula is C21H20N2O2S2. The molecule has 3 aromatic rings. The van der Waals surface area contributed by atoms with E-state index in [-0.39, 0.29) is 11.8 Å². The predicted molar refractivity (Wildman–Crippen MR) is 112 cm³/mol. The van der Waals surface area contributed by atoms with E-state index in [1.54, 1.807) is 23.5 Å². The van der Waals surface area contributed by atoms with Gasteiger partial charge in [0.2, 0.25) is 0 Å². The molecule has 4 rings (SSSR count). The van der Waals surface area contributed by atoms with E-state index in [4.69, 9.17) is 0 Å². The van der Waals surface area contributed by atoms with E-state index in [1.807, 2.05) is 35.0 Å². The Balaban J connectivity index is 1.47. The summed E-state index contributed by atoms with van der Waals surface area (Å²) in [5.74, 6) is 0.467. The van der Waals surface area contributed by atoms with Crippen LogP contribution in [-0.4, -0.2) is 11.8 Å². The first-order valence-corrected chi connectivity index (χ1v) is 10.7. The van der Waals surface area contributed by atoms with Gasteiger partial charge in [-0.05, 0) is 60.4 Å². The van der Waals surface area contributed by atoms with Crippen molar-refractivity contribution in [2.24, 2.45) is 5.92 Å². The number of hydrogen-bond donors (Lipinski definition) is 2. The van der Waals surface area contributed by atoms with E-state index in [1.165, 1.54) is 21.8 Å². The fourth-order valence-electron chi connectivity index (χ4n) is 3.34. The second-order valence-corrected chi connectivity index (χ2v) is 8.78. The van der Waals surface area contributed by atoms with Gasteiger partial charge >= 0.3 is 0 Å². The minimum Gasteiger partial charge on any atom is -0.322 e. The molecule has 0 bridgehead atoms. The van der Waals surface area contributed by atoms with Crippen molar-refractivity contribution >= 4 is 45.9 Å². The normalized spacial score (nSPS) is 15.8. The van der Waals surface area contributed by atoms with Gasteiger partial charge in [0, 0.05) is 21.6 Å². The average molecular weight is 397 g/mol. The van der Waals surface area contributed by atoms with Gasteiger partial charge < -0.3 is 10.6 Å². The number of benzene rings is 1. The number of carbonyl (C=O) groups excluding carboxylic acids is 2. The summed E-state index contributed by atoms with van der Waals surface area (Å²) >= 11 is 3.08. The van der Waals surface area contributed by atoms with Crippen molar-refractivity contribution in [3.63, 3.8) is 0 Å². The number of anilines is 2. The minimum absolute atomic E-state index is 0.0798. The van der Waals surface area contributed by atoms with Crippen molar-refractivity contribution in [1.82, 2.24) is 0 Å². The third-order valence-corrected chi connectivity index (χ3v) is 6.69. The summed E-state index contributed by atoms with van der Waals surface area (Å²) in [7, 11) is 0. The van der Waals surface area contributed by atoms with E-state index in [0.717, 1.165) is 24.8 Å². The number of carbonyl (C=O) groups is 2. The van der Waals surface area contributed by atoms with Crippen LogP contribution in [0.1, 0.15) is 43.8 Å². The quantitative estimate of drug-likeness (QED) is 0.617. The Bertz CT molecular complexity index is 976. The molecule has 2 aromatic heterocycles. The molecule has 0 saturated heterocycles. The Kier molecular flexibility index (Phi) is 5.09. The highest BCUT2D eigenvalue weighted by molar-refractivity contribution is 7.12. The fourth-order valence-corrected chi connectivity index (χ4v) is 5.20. The molecule has 0 saturated carbocycles. The van der Waals surface area contributed by atoms with Crippen LogP contribution in [0.3, 0.4) is 0 Å². The number of amides is 2. The number of hydrogen-bond acceptors (Lipinski definition) is 4. The minimum atomic E-state index is -0.144. The zero-order valence-electron chi connectivity index (χ0n) is 15.0. The molecule has 1 unspecified atom stereocenters. The summed E-state index contributed by atoms with van der Waals surface area (Å²) in [6.07, 6.45) is 3.17. The van der Waals surface area contributed by atoms with Crippen LogP contribution in [-0.2, 0) is 12.8 Å². The predicted octanol–water partition coefficient (Wildman–Crippen LogP) is 5.44. The van der Waals surface area contributed by atoms with Crippen molar-refractivity contribution in [3.05, 3.63) is 68.0 Å². The van der Waals surface area contributed by atoms with Gasteiger partial charge in [0.05, 0.1) is 10.4 Å². The van der Waals surface area contributed by atoms with Gasteiger partial charge in [0.15, 0.2) is 0 Å². The maximum Gasteiger partial charge on any atom is 0.265 e. The van der Waals surface area contributed by atoms with E-state index < -0.39 is 0 Å². The maximum absolute atomic E-state index is 12.8. The highest BCUT2D eigenvalue weighted by Gasteiger charge is 2.23. The van der Waals surface area contributed by atoms with Crippen LogP contribution in [0.25, 0.3) is 0 Å². The number of fused-ring (bicyclic) bond motifs is 1. The largest absolute Gasteiger partial charge is 0.322 e. The lowest BCUT2D eigenvalue weighted by Crippen LogP contribution is -2.16. The molecule has 2 amide bonds. The van der Waals surface area contributed by atoms with Crippen molar-refractivity contribution in [2.45, 2.75) is 26.2 Å². The van der Waals surface area contributed by atoms with Crippen LogP contribution in [0.4, 0.5) is 11.4 Å². The highest BCUT2D eigenvalue weighted by Crippen LogP contribution is 2.33. The molecule has 27 heavy (non-hydrogen) atoms. The van der Waals surface area contributed by atoms with Crippen LogP contribution in [0, 0.1) is 5.92 Å².